The largest absolute Gasteiger partial charge is 0.357 e. The number of allylic oxidation sites excluding steroid dienone is 5. The Hall–Kier alpha value is -3.74. The van der Waals surface area contributed by atoms with Crippen LogP contribution < -0.4 is 5.32 Å². The van der Waals surface area contributed by atoms with Gasteiger partial charge in [-0.15, -0.1) is 11.3 Å². The minimum Gasteiger partial charge on any atom is -0.357 e. The number of thiophene rings is 1. The fraction of sp³-hybridized carbons (Fsp3) is 0.314. The van der Waals surface area contributed by atoms with Gasteiger partial charge in [-0.05, 0) is 73.9 Å². The van der Waals surface area contributed by atoms with Crippen LogP contribution in [0.25, 0.3) is 33.6 Å². The van der Waals surface area contributed by atoms with Crippen molar-refractivity contribution < 1.29 is 0 Å². The van der Waals surface area contributed by atoms with E-state index in [0.29, 0.717) is 5.65 Å². The van der Waals surface area contributed by atoms with E-state index in [0.717, 1.165) is 63.7 Å². The molecule has 0 unspecified atom stereocenters. The van der Waals surface area contributed by atoms with Crippen LogP contribution in [0.15, 0.2) is 85.0 Å². The van der Waals surface area contributed by atoms with Gasteiger partial charge in [0.25, 0.3) is 0 Å². The van der Waals surface area contributed by atoms with E-state index in [4.69, 9.17) is 0 Å². The molecule has 1 aliphatic carbocycles. The monoisotopic (exact) mass is 565 g/mol. The standard InChI is InChI=1S/C33H37N5S.C2H6/c1-5-11-27(31-14-10-15-39-31)28-18-30(36-22(28)4)32-29-17-26(21-35-33(29)38-37-32)25(7-3)16-23(6-2)19-34-20-24-12-8-9-13-24;1-2/h5-7,10-11,14-18,21,24,34,36H,1-2,8-9,12-13,19-20H2,3-4H3,(H,35,37,38);1-2H3/b23-16+,25-7+,27-11+;. The SMILES string of the molecule is C=C/C=C(/c1cccs1)c1cc(-c2[nH]nc3ncc(C(/C=C(\C=C)CNCC4CCCC4)=C/C)cc23)[nH]c1C.CC. The molecule has 4 aromatic heterocycles. The first-order valence-electron chi connectivity index (χ1n) is 14.7. The molecule has 0 spiro atoms. The molecular formula is C35H43N5S. The summed E-state index contributed by atoms with van der Waals surface area (Å²) >= 11 is 1.73. The smallest absolute Gasteiger partial charge is 0.181 e. The number of hydrogen-bond acceptors (Lipinski definition) is 4. The Labute approximate surface area is 248 Å². The number of H-pyrrole nitrogens is 2. The second-order valence-corrected chi connectivity index (χ2v) is 11.1. The van der Waals surface area contributed by atoms with Crippen LogP contribution in [-0.4, -0.2) is 33.3 Å². The average Bonchev–Trinajstić information content (AvgIpc) is 3.82. The molecule has 4 heterocycles. The molecule has 0 saturated heterocycles. The summed E-state index contributed by atoms with van der Waals surface area (Å²) in [6.45, 7) is 18.1. The summed E-state index contributed by atoms with van der Waals surface area (Å²) in [5.41, 5.74) is 9.35. The number of hydrogen-bond donors (Lipinski definition) is 3. The predicted molar refractivity (Wildman–Crippen MR) is 178 cm³/mol. The summed E-state index contributed by atoms with van der Waals surface area (Å²) in [7, 11) is 0. The van der Waals surface area contributed by atoms with E-state index in [1.807, 2.05) is 32.2 Å². The number of fused-ring (bicyclic) bond motifs is 1. The van der Waals surface area contributed by atoms with Gasteiger partial charge in [0.05, 0.1) is 11.4 Å². The van der Waals surface area contributed by atoms with Gasteiger partial charge in [-0.2, -0.15) is 5.10 Å². The number of aromatic nitrogens is 4. The lowest BCUT2D eigenvalue weighted by Gasteiger charge is -2.12. The molecule has 3 N–H and O–H groups in total. The maximum atomic E-state index is 4.69. The van der Waals surface area contributed by atoms with Crippen molar-refractivity contribution in [2.45, 2.75) is 53.4 Å². The second kappa shape index (κ2) is 14.8. The molecule has 214 valence electrons. The molecule has 41 heavy (non-hydrogen) atoms. The maximum Gasteiger partial charge on any atom is 0.181 e. The van der Waals surface area contributed by atoms with Gasteiger partial charge in [-0.25, -0.2) is 4.98 Å². The number of rotatable bonds is 11. The number of aryl methyl sites for hydroxylation is 1. The quantitative estimate of drug-likeness (QED) is 0.159. The van der Waals surface area contributed by atoms with Gasteiger partial charge >= 0.3 is 0 Å². The van der Waals surface area contributed by atoms with Gasteiger partial charge in [-0.3, -0.25) is 5.10 Å². The number of nitrogens with zero attached hydrogens (tertiary/aromatic N) is 2. The third kappa shape index (κ3) is 7.13. The average molecular weight is 566 g/mol. The Bertz CT molecular complexity index is 1540. The highest BCUT2D eigenvalue weighted by molar-refractivity contribution is 7.11. The summed E-state index contributed by atoms with van der Waals surface area (Å²) in [5.74, 6) is 0.814. The summed E-state index contributed by atoms with van der Waals surface area (Å²) in [6.07, 6.45) is 17.5. The first-order chi connectivity index (χ1) is 20.1. The molecular weight excluding hydrogens is 522 g/mol. The van der Waals surface area contributed by atoms with Crippen LogP contribution in [-0.2, 0) is 0 Å². The highest BCUT2D eigenvalue weighted by atomic mass is 32.1. The zero-order valence-electron chi connectivity index (χ0n) is 24.9. The third-order valence-electron chi connectivity index (χ3n) is 7.54. The molecule has 0 aliphatic heterocycles. The van der Waals surface area contributed by atoms with E-state index in [9.17, 15) is 0 Å². The van der Waals surface area contributed by atoms with Crippen molar-refractivity contribution in [2.24, 2.45) is 5.92 Å². The van der Waals surface area contributed by atoms with Crippen molar-refractivity contribution >= 4 is 33.5 Å². The van der Waals surface area contributed by atoms with Gasteiger partial charge in [0.15, 0.2) is 5.65 Å². The lowest BCUT2D eigenvalue weighted by molar-refractivity contribution is 0.503. The van der Waals surface area contributed by atoms with Gasteiger partial charge in [0.1, 0.15) is 0 Å². The van der Waals surface area contributed by atoms with Crippen molar-refractivity contribution in [1.29, 1.82) is 0 Å². The van der Waals surface area contributed by atoms with Crippen LogP contribution >= 0.6 is 11.3 Å². The van der Waals surface area contributed by atoms with E-state index in [2.05, 4.69) is 100 Å². The van der Waals surface area contributed by atoms with Crippen LogP contribution in [0.4, 0.5) is 0 Å². The van der Waals surface area contributed by atoms with Gasteiger partial charge in [0, 0.05) is 45.4 Å². The molecule has 0 radical (unpaired) electrons. The zero-order valence-corrected chi connectivity index (χ0v) is 25.7. The third-order valence-corrected chi connectivity index (χ3v) is 8.44. The van der Waals surface area contributed by atoms with Crippen LogP contribution in [0.1, 0.15) is 68.2 Å². The van der Waals surface area contributed by atoms with Gasteiger partial charge < -0.3 is 10.3 Å². The molecule has 1 fully saturated rings. The molecule has 0 aromatic carbocycles. The Balaban J connectivity index is 0.00000189. The first-order valence-corrected chi connectivity index (χ1v) is 15.6. The summed E-state index contributed by atoms with van der Waals surface area (Å²) in [6, 6.07) is 8.58. The topological polar surface area (TPSA) is 69.4 Å². The van der Waals surface area contributed by atoms with E-state index in [-0.39, 0.29) is 0 Å². The Morgan fingerprint density at radius 2 is 2.00 bits per heavy atom. The highest BCUT2D eigenvalue weighted by Crippen LogP contribution is 2.34. The molecule has 6 heteroatoms. The van der Waals surface area contributed by atoms with Crippen LogP contribution in [0.5, 0.6) is 0 Å². The lowest BCUT2D eigenvalue weighted by atomic mass is 10.0. The fourth-order valence-corrected chi connectivity index (χ4v) is 6.21. The van der Waals surface area contributed by atoms with Gasteiger partial charge in [0.2, 0.25) is 0 Å². The molecule has 0 bridgehead atoms. The molecule has 0 atom stereocenters. The van der Waals surface area contributed by atoms with Crippen LogP contribution in [0.2, 0.25) is 0 Å². The molecule has 4 aromatic rings. The second-order valence-electron chi connectivity index (χ2n) is 10.2. The van der Waals surface area contributed by atoms with Crippen molar-refractivity contribution in [3.8, 4) is 11.4 Å². The van der Waals surface area contributed by atoms with E-state index in [1.54, 1.807) is 11.3 Å². The predicted octanol–water partition coefficient (Wildman–Crippen LogP) is 9.26. The maximum absolute atomic E-state index is 4.69. The van der Waals surface area contributed by atoms with Crippen molar-refractivity contribution in [3.05, 3.63) is 107 Å². The Kier molecular flexibility index (Phi) is 10.9. The minimum absolute atomic E-state index is 0.698. The minimum atomic E-state index is 0.698. The Morgan fingerprint density at radius 3 is 2.68 bits per heavy atom. The molecule has 1 aliphatic rings. The molecule has 5 rings (SSSR count). The molecule has 1 saturated carbocycles. The highest BCUT2D eigenvalue weighted by Gasteiger charge is 2.17. The van der Waals surface area contributed by atoms with E-state index >= 15 is 0 Å². The van der Waals surface area contributed by atoms with Crippen LogP contribution in [0.3, 0.4) is 0 Å². The zero-order chi connectivity index (χ0) is 29.2. The van der Waals surface area contributed by atoms with Crippen molar-refractivity contribution in [1.82, 2.24) is 25.5 Å². The molecule has 5 nitrogen and oxygen atoms in total. The normalized spacial score (nSPS) is 14.8. The summed E-state index contributed by atoms with van der Waals surface area (Å²) < 4.78 is 0. The van der Waals surface area contributed by atoms with Crippen molar-refractivity contribution in [2.75, 3.05) is 13.1 Å². The van der Waals surface area contributed by atoms with Gasteiger partial charge in [-0.1, -0.05) is 76.3 Å². The van der Waals surface area contributed by atoms with E-state index < -0.39 is 0 Å². The van der Waals surface area contributed by atoms with E-state index in [1.165, 1.54) is 36.1 Å². The van der Waals surface area contributed by atoms with Crippen molar-refractivity contribution in [3.63, 3.8) is 0 Å². The fourth-order valence-electron chi connectivity index (χ4n) is 5.44. The first kappa shape index (κ1) is 30.2. The van der Waals surface area contributed by atoms with Crippen LogP contribution in [0, 0.1) is 12.8 Å². The Morgan fingerprint density at radius 1 is 1.20 bits per heavy atom. The molecule has 0 amide bonds. The number of nitrogens with one attached hydrogen (secondary N) is 3. The number of pyridine rings is 1. The summed E-state index contributed by atoms with van der Waals surface area (Å²) in [5, 5.41) is 14.4. The summed E-state index contributed by atoms with van der Waals surface area (Å²) in [4.78, 5) is 9.47. The lowest BCUT2D eigenvalue weighted by Crippen LogP contribution is -2.23. The number of aromatic amines is 2.